The highest BCUT2D eigenvalue weighted by atomic mass is 35.5. The molecule has 0 spiro atoms. The van der Waals surface area contributed by atoms with Gasteiger partial charge in [-0.1, -0.05) is 16.8 Å². The Morgan fingerprint density at radius 3 is 2.86 bits per heavy atom. The zero-order valence-corrected chi connectivity index (χ0v) is 12.1. The molecule has 5 nitrogen and oxygen atoms in total. The van der Waals surface area contributed by atoms with Crippen LogP contribution in [-0.2, 0) is 0 Å². The molecule has 0 amide bonds. The van der Waals surface area contributed by atoms with Gasteiger partial charge in [-0.05, 0) is 43.7 Å². The molecule has 0 atom stereocenters. The van der Waals surface area contributed by atoms with Gasteiger partial charge in [-0.25, -0.2) is 9.78 Å². The van der Waals surface area contributed by atoms with Gasteiger partial charge in [0.25, 0.3) is 5.71 Å². The van der Waals surface area contributed by atoms with Crippen molar-refractivity contribution in [1.29, 1.82) is 0 Å². The van der Waals surface area contributed by atoms with Gasteiger partial charge in [0.2, 0.25) is 0 Å². The number of esters is 1. The third-order valence-electron chi connectivity index (χ3n) is 3.09. The van der Waals surface area contributed by atoms with Crippen LogP contribution in [0.4, 0.5) is 0 Å². The van der Waals surface area contributed by atoms with Gasteiger partial charge in [0.15, 0.2) is 0 Å². The smallest absolute Gasteiger partial charge is 0.345 e. The fourth-order valence-corrected chi connectivity index (χ4v) is 2.17. The minimum atomic E-state index is -0.490. The number of benzene rings is 1. The Labute approximate surface area is 125 Å². The van der Waals surface area contributed by atoms with Crippen molar-refractivity contribution >= 4 is 28.7 Å². The Kier molecular flexibility index (Phi) is 3.35. The van der Waals surface area contributed by atoms with Crippen LogP contribution in [0.5, 0.6) is 5.75 Å². The van der Waals surface area contributed by atoms with Crippen LogP contribution >= 0.6 is 11.6 Å². The number of fused-ring (bicyclic) bond motifs is 1. The molecular formula is C15H11ClN2O3. The average Bonchev–Trinajstić information content (AvgIpc) is 2.83. The van der Waals surface area contributed by atoms with E-state index in [1.807, 2.05) is 6.92 Å². The number of hydrogen-bond acceptors (Lipinski definition) is 5. The fraction of sp³-hybridized carbons (Fsp3) is 0.133. The van der Waals surface area contributed by atoms with Crippen LogP contribution in [0.3, 0.4) is 0 Å². The maximum absolute atomic E-state index is 12.2. The van der Waals surface area contributed by atoms with Crippen molar-refractivity contribution in [3.8, 4) is 5.75 Å². The lowest BCUT2D eigenvalue weighted by Gasteiger charge is -2.07. The van der Waals surface area contributed by atoms with Crippen LogP contribution in [0.2, 0.25) is 5.02 Å². The molecule has 3 aromatic rings. The molecule has 2 aromatic heterocycles. The number of nitrogens with zero attached hydrogens (tertiary/aromatic N) is 2. The fourth-order valence-electron chi connectivity index (χ4n) is 1.94. The van der Waals surface area contributed by atoms with Gasteiger partial charge in [-0.2, -0.15) is 0 Å². The Balaban J connectivity index is 1.91. The summed E-state index contributed by atoms with van der Waals surface area (Å²) >= 11 is 5.87. The van der Waals surface area contributed by atoms with Crippen molar-refractivity contribution in [3.63, 3.8) is 0 Å². The second kappa shape index (κ2) is 5.18. The SMILES string of the molecule is Cc1cc(Cl)ccc1OC(=O)c1cnc2onc(C)c2c1. The van der Waals surface area contributed by atoms with Crippen LogP contribution in [0, 0.1) is 13.8 Å². The maximum Gasteiger partial charge on any atom is 0.345 e. The van der Waals surface area contributed by atoms with Crippen LogP contribution in [-0.4, -0.2) is 16.1 Å². The average molecular weight is 303 g/mol. The minimum absolute atomic E-state index is 0.336. The van der Waals surface area contributed by atoms with Crippen LogP contribution in [0.15, 0.2) is 35.0 Å². The van der Waals surface area contributed by atoms with E-state index < -0.39 is 5.97 Å². The number of ether oxygens (including phenoxy) is 1. The van der Waals surface area contributed by atoms with Crippen molar-refractivity contribution in [2.24, 2.45) is 0 Å². The second-order valence-corrected chi connectivity index (χ2v) is 5.08. The molecule has 0 radical (unpaired) electrons. The molecule has 0 aliphatic heterocycles. The van der Waals surface area contributed by atoms with Gasteiger partial charge in [0.05, 0.1) is 16.6 Å². The lowest BCUT2D eigenvalue weighted by Crippen LogP contribution is -2.09. The second-order valence-electron chi connectivity index (χ2n) is 4.64. The zero-order chi connectivity index (χ0) is 15.0. The zero-order valence-electron chi connectivity index (χ0n) is 11.4. The molecule has 0 unspecified atom stereocenters. The molecular weight excluding hydrogens is 292 g/mol. The van der Waals surface area contributed by atoms with Crippen LogP contribution in [0.25, 0.3) is 11.1 Å². The standard InChI is InChI=1S/C15H11ClN2O3/c1-8-5-11(16)3-4-13(8)20-15(19)10-6-12-9(2)18-21-14(12)17-7-10/h3-7H,1-2H3. The molecule has 0 N–H and O–H groups in total. The molecule has 21 heavy (non-hydrogen) atoms. The number of aryl methyl sites for hydroxylation is 2. The van der Waals surface area contributed by atoms with Crippen molar-refractivity contribution in [2.75, 3.05) is 0 Å². The summed E-state index contributed by atoms with van der Waals surface area (Å²) in [6.07, 6.45) is 1.40. The monoisotopic (exact) mass is 302 g/mol. The number of pyridine rings is 1. The Hall–Kier alpha value is -2.40. The van der Waals surface area contributed by atoms with E-state index in [1.54, 1.807) is 31.2 Å². The van der Waals surface area contributed by atoms with E-state index in [0.29, 0.717) is 33.1 Å². The summed E-state index contributed by atoms with van der Waals surface area (Å²) < 4.78 is 10.4. The van der Waals surface area contributed by atoms with E-state index in [1.165, 1.54) is 6.20 Å². The first kappa shape index (κ1) is 13.6. The first-order valence-electron chi connectivity index (χ1n) is 6.25. The molecule has 0 bridgehead atoms. The summed E-state index contributed by atoms with van der Waals surface area (Å²) in [6.45, 7) is 3.60. The van der Waals surface area contributed by atoms with Crippen molar-refractivity contribution < 1.29 is 14.1 Å². The topological polar surface area (TPSA) is 65.2 Å². The Bertz CT molecular complexity index is 842. The largest absolute Gasteiger partial charge is 0.423 e. The van der Waals surface area contributed by atoms with Gasteiger partial charge >= 0.3 is 5.97 Å². The molecule has 0 aliphatic rings. The molecule has 0 saturated carbocycles. The third kappa shape index (κ3) is 2.60. The lowest BCUT2D eigenvalue weighted by atomic mass is 10.2. The molecule has 1 aromatic carbocycles. The van der Waals surface area contributed by atoms with E-state index in [9.17, 15) is 4.79 Å². The quantitative estimate of drug-likeness (QED) is 0.533. The molecule has 0 saturated heterocycles. The molecule has 106 valence electrons. The predicted molar refractivity (Wildman–Crippen MR) is 77.7 cm³/mol. The van der Waals surface area contributed by atoms with E-state index in [-0.39, 0.29) is 0 Å². The maximum atomic E-state index is 12.2. The van der Waals surface area contributed by atoms with Gasteiger partial charge in [-0.3, -0.25) is 0 Å². The summed E-state index contributed by atoms with van der Waals surface area (Å²) in [5.41, 5.74) is 2.19. The minimum Gasteiger partial charge on any atom is -0.423 e. The van der Waals surface area contributed by atoms with Gasteiger partial charge < -0.3 is 9.26 Å². The molecule has 2 heterocycles. The van der Waals surface area contributed by atoms with Crippen molar-refractivity contribution in [1.82, 2.24) is 10.1 Å². The molecule has 6 heteroatoms. The highest BCUT2D eigenvalue weighted by Crippen LogP contribution is 2.23. The number of rotatable bonds is 2. The number of halogens is 1. The lowest BCUT2D eigenvalue weighted by molar-refractivity contribution is 0.0733. The summed E-state index contributed by atoms with van der Waals surface area (Å²) in [6, 6.07) is 6.71. The van der Waals surface area contributed by atoms with Gasteiger partial charge in [0, 0.05) is 11.2 Å². The summed E-state index contributed by atoms with van der Waals surface area (Å²) in [5.74, 6) is -0.0260. The summed E-state index contributed by atoms with van der Waals surface area (Å²) in [5, 5.41) is 5.08. The van der Waals surface area contributed by atoms with Crippen molar-refractivity contribution in [3.05, 3.63) is 52.3 Å². The third-order valence-corrected chi connectivity index (χ3v) is 3.32. The highest BCUT2D eigenvalue weighted by Gasteiger charge is 2.14. The summed E-state index contributed by atoms with van der Waals surface area (Å²) in [4.78, 5) is 16.2. The van der Waals surface area contributed by atoms with Crippen LogP contribution in [0.1, 0.15) is 21.6 Å². The van der Waals surface area contributed by atoms with E-state index >= 15 is 0 Å². The van der Waals surface area contributed by atoms with Gasteiger partial charge in [-0.15, -0.1) is 0 Å². The van der Waals surface area contributed by atoms with Crippen molar-refractivity contribution in [2.45, 2.75) is 13.8 Å². The Morgan fingerprint density at radius 1 is 1.29 bits per heavy atom. The first-order chi connectivity index (χ1) is 10.0. The highest BCUT2D eigenvalue weighted by molar-refractivity contribution is 6.30. The number of carbonyl (C=O) groups excluding carboxylic acids is 1. The molecule has 0 aliphatic carbocycles. The Morgan fingerprint density at radius 2 is 2.10 bits per heavy atom. The predicted octanol–water partition coefficient (Wildman–Crippen LogP) is 3.71. The molecule has 3 rings (SSSR count). The summed E-state index contributed by atoms with van der Waals surface area (Å²) in [7, 11) is 0. The van der Waals surface area contributed by atoms with E-state index in [2.05, 4.69) is 10.1 Å². The van der Waals surface area contributed by atoms with E-state index in [0.717, 1.165) is 5.56 Å². The number of aromatic nitrogens is 2. The molecule has 0 fully saturated rings. The number of carbonyl (C=O) groups is 1. The van der Waals surface area contributed by atoms with E-state index in [4.69, 9.17) is 20.9 Å². The first-order valence-corrected chi connectivity index (χ1v) is 6.63. The number of hydrogen-bond donors (Lipinski definition) is 0. The van der Waals surface area contributed by atoms with Crippen LogP contribution < -0.4 is 4.74 Å². The normalized spacial score (nSPS) is 10.8. The van der Waals surface area contributed by atoms with Gasteiger partial charge in [0.1, 0.15) is 5.75 Å².